The minimum atomic E-state index is -3.46. The molecule has 1 fully saturated rings. The monoisotopic (exact) mass is 299 g/mol. The average molecular weight is 299 g/mol. The first kappa shape index (κ1) is 15.5. The first-order chi connectivity index (χ1) is 9.55. The number of hydrogen-bond donors (Lipinski definition) is 1. The summed E-state index contributed by atoms with van der Waals surface area (Å²) in [7, 11) is -3.46. The van der Waals surface area contributed by atoms with Gasteiger partial charge in [0.05, 0.1) is 5.75 Å². The maximum atomic E-state index is 12.0. The molecule has 0 radical (unpaired) electrons. The molecule has 0 bridgehead atoms. The van der Waals surface area contributed by atoms with Gasteiger partial charge in [0.25, 0.3) is 0 Å². The van der Waals surface area contributed by atoms with Crippen LogP contribution in [0.3, 0.4) is 0 Å². The third-order valence-electron chi connectivity index (χ3n) is 4.22. The lowest BCUT2D eigenvalue weighted by atomic mass is 9.91. The Bertz CT molecular complexity index is 462. The minimum Gasteiger partial charge on any atom is -0.274 e. The van der Waals surface area contributed by atoms with Crippen LogP contribution in [0.1, 0.15) is 64.2 Å². The number of hydrogen-bond acceptors (Lipinski definition) is 3. The highest BCUT2D eigenvalue weighted by atomic mass is 32.2. The van der Waals surface area contributed by atoms with Crippen LogP contribution in [0.5, 0.6) is 0 Å². The van der Waals surface area contributed by atoms with Crippen LogP contribution in [0, 0.1) is 5.92 Å². The van der Waals surface area contributed by atoms with Crippen molar-refractivity contribution in [1.29, 1.82) is 0 Å². The van der Waals surface area contributed by atoms with Crippen LogP contribution in [0.25, 0.3) is 0 Å². The molecule has 0 heterocycles. The van der Waals surface area contributed by atoms with Crippen molar-refractivity contribution in [2.75, 3.05) is 5.75 Å². The molecule has 1 N–H and O–H groups in total. The first-order valence-electron chi connectivity index (χ1n) is 7.76. The molecule has 2 rings (SSSR count). The van der Waals surface area contributed by atoms with E-state index in [-0.39, 0.29) is 24.0 Å². The van der Waals surface area contributed by atoms with Gasteiger partial charge in [-0.2, -0.15) is 0 Å². The van der Waals surface area contributed by atoms with Crippen LogP contribution < -0.4 is 4.72 Å². The Morgan fingerprint density at radius 3 is 2.55 bits per heavy atom. The molecular weight excluding hydrogens is 274 g/mol. The quantitative estimate of drug-likeness (QED) is 0.794. The van der Waals surface area contributed by atoms with Crippen LogP contribution in [0.2, 0.25) is 0 Å². The number of sulfonamides is 1. The van der Waals surface area contributed by atoms with E-state index in [9.17, 15) is 13.2 Å². The van der Waals surface area contributed by atoms with Crippen molar-refractivity contribution in [3.8, 4) is 0 Å². The predicted molar refractivity (Wildman–Crippen MR) is 79.7 cm³/mol. The number of nitrogens with one attached hydrogen (secondary N) is 1. The van der Waals surface area contributed by atoms with Gasteiger partial charge in [-0.25, -0.2) is 8.42 Å². The van der Waals surface area contributed by atoms with E-state index in [2.05, 4.69) is 10.8 Å². The van der Waals surface area contributed by atoms with E-state index in [1.165, 1.54) is 12.8 Å². The molecule has 0 unspecified atom stereocenters. The molecule has 0 aromatic heterocycles. The van der Waals surface area contributed by atoms with E-state index in [1.54, 1.807) is 0 Å². The molecule has 1 saturated carbocycles. The Labute approximate surface area is 122 Å². The molecule has 114 valence electrons. The fourth-order valence-electron chi connectivity index (χ4n) is 3.19. The van der Waals surface area contributed by atoms with E-state index < -0.39 is 10.0 Å². The zero-order chi connectivity index (χ0) is 14.4. The van der Waals surface area contributed by atoms with Crippen molar-refractivity contribution in [3.05, 3.63) is 11.6 Å². The van der Waals surface area contributed by atoms with Crippen LogP contribution in [-0.2, 0) is 14.8 Å². The van der Waals surface area contributed by atoms with Crippen molar-refractivity contribution in [3.63, 3.8) is 0 Å². The molecule has 5 heteroatoms. The molecule has 0 aliphatic heterocycles. The Hall–Kier alpha value is -0.840. The third kappa shape index (κ3) is 5.27. The maximum Gasteiger partial charge on any atom is 0.237 e. The molecule has 4 nitrogen and oxygen atoms in total. The lowest BCUT2D eigenvalue weighted by Gasteiger charge is -2.21. The summed E-state index contributed by atoms with van der Waals surface area (Å²) in [6.45, 7) is 0. The highest BCUT2D eigenvalue weighted by Gasteiger charge is 2.23. The standard InChI is InChI=1S/C15H25NO3S/c17-15(11-13-7-3-1-4-8-13)16-20(18,19)12-14-9-5-2-6-10-14/h7,14H,1-6,8-12H2,(H,16,17). The van der Waals surface area contributed by atoms with Crippen LogP contribution >= 0.6 is 0 Å². The highest BCUT2D eigenvalue weighted by molar-refractivity contribution is 7.90. The largest absolute Gasteiger partial charge is 0.274 e. The van der Waals surface area contributed by atoms with E-state index in [4.69, 9.17) is 0 Å². The van der Waals surface area contributed by atoms with Gasteiger partial charge in [0.1, 0.15) is 0 Å². The fraction of sp³-hybridized carbons (Fsp3) is 0.800. The molecule has 0 aromatic carbocycles. The summed E-state index contributed by atoms with van der Waals surface area (Å²) in [5, 5.41) is 0. The van der Waals surface area contributed by atoms with Gasteiger partial charge in [-0.15, -0.1) is 0 Å². The summed E-state index contributed by atoms with van der Waals surface area (Å²) in [6, 6.07) is 0. The topological polar surface area (TPSA) is 63.2 Å². The van der Waals surface area contributed by atoms with Crippen molar-refractivity contribution in [2.45, 2.75) is 64.2 Å². The van der Waals surface area contributed by atoms with Gasteiger partial charge in [-0.1, -0.05) is 30.9 Å². The minimum absolute atomic E-state index is 0.109. The zero-order valence-corrected chi connectivity index (χ0v) is 12.9. The second kappa shape index (κ2) is 7.25. The third-order valence-corrected chi connectivity index (χ3v) is 5.67. The van der Waals surface area contributed by atoms with Gasteiger partial charge < -0.3 is 0 Å². The molecular formula is C15H25NO3S. The number of allylic oxidation sites excluding steroid dienone is 1. The molecule has 1 amide bonds. The molecule has 2 aliphatic carbocycles. The van der Waals surface area contributed by atoms with E-state index >= 15 is 0 Å². The molecule has 2 aliphatic rings. The summed E-state index contributed by atoms with van der Waals surface area (Å²) in [4.78, 5) is 11.8. The Balaban J connectivity index is 1.80. The van der Waals surface area contributed by atoms with Crippen molar-refractivity contribution in [1.82, 2.24) is 4.72 Å². The SMILES string of the molecule is O=C(CC1=CCCCC1)NS(=O)(=O)CC1CCCCC1. The maximum absolute atomic E-state index is 12.0. The molecule has 0 saturated heterocycles. The number of carbonyl (C=O) groups is 1. The van der Waals surface area contributed by atoms with E-state index in [1.807, 2.05) is 0 Å². The van der Waals surface area contributed by atoms with Crippen molar-refractivity contribution in [2.24, 2.45) is 5.92 Å². The molecule has 0 atom stereocenters. The number of rotatable bonds is 5. The fourth-order valence-corrected chi connectivity index (χ4v) is 4.64. The second-order valence-corrected chi connectivity index (χ2v) is 7.86. The second-order valence-electron chi connectivity index (χ2n) is 6.10. The summed E-state index contributed by atoms with van der Waals surface area (Å²) in [5.74, 6) is -0.0328. The van der Waals surface area contributed by atoms with Crippen LogP contribution in [0.15, 0.2) is 11.6 Å². The van der Waals surface area contributed by atoms with Gasteiger partial charge >= 0.3 is 0 Å². The smallest absolute Gasteiger partial charge is 0.237 e. The van der Waals surface area contributed by atoms with Gasteiger partial charge in [0.2, 0.25) is 15.9 Å². The zero-order valence-electron chi connectivity index (χ0n) is 12.1. The van der Waals surface area contributed by atoms with Gasteiger partial charge in [-0.3, -0.25) is 9.52 Å². The van der Waals surface area contributed by atoms with Crippen LogP contribution in [0.4, 0.5) is 0 Å². The van der Waals surface area contributed by atoms with Gasteiger partial charge in [0.15, 0.2) is 0 Å². The number of amides is 1. The Kier molecular flexibility index (Phi) is 5.64. The van der Waals surface area contributed by atoms with E-state index in [0.29, 0.717) is 0 Å². The van der Waals surface area contributed by atoms with Gasteiger partial charge in [-0.05, 0) is 44.4 Å². The van der Waals surface area contributed by atoms with Gasteiger partial charge in [0, 0.05) is 6.42 Å². The summed E-state index contributed by atoms with van der Waals surface area (Å²) < 4.78 is 26.2. The predicted octanol–water partition coefficient (Wildman–Crippen LogP) is 2.90. The van der Waals surface area contributed by atoms with Crippen molar-refractivity contribution < 1.29 is 13.2 Å². The lowest BCUT2D eigenvalue weighted by Crippen LogP contribution is -2.35. The summed E-state index contributed by atoms with van der Waals surface area (Å²) >= 11 is 0. The average Bonchev–Trinajstić information content (AvgIpc) is 2.39. The first-order valence-corrected chi connectivity index (χ1v) is 9.41. The molecule has 20 heavy (non-hydrogen) atoms. The normalized spacial score (nSPS) is 21.3. The molecule has 0 aromatic rings. The number of carbonyl (C=O) groups excluding carboxylic acids is 1. The Morgan fingerprint density at radius 1 is 1.15 bits per heavy atom. The van der Waals surface area contributed by atoms with Crippen molar-refractivity contribution >= 4 is 15.9 Å². The molecule has 0 spiro atoms. The highest BCUT2D eigenvalue weighted by Crippen LogP contribution is 2.25. The lowest BCUT2D eigenvalue weighted by molar-refractivity contribution is -0.118. The summed E-state index contributed by atoms with van der Waals surface area (Å²) in [5.41, 5.74) is 1.08. The van der Waals surface area contributed by atoms with E-state index in [0.717, 1.165) is 50.5 Å². The summed E-state index contributed by atoms with van der Waals surface area (Å²) in [6.07, 6.45) is 11.9. The van der Waals surface area contributed by atoms with Crippen LogP contribution in [-0.4, -0.2) is 20.1 Å². The Morgan fingerprint density at radius 2 is 1.90 bits per heavy atom.